The molecule has 0 bridgehead atoms. The van der Waals surface area contributed by atoms with E-state index < -0.39 is 94.8 Å². The minimum atomic E-state index is -9.91. The maximum atomic E-state index is 13.8. The molecule has 0 aromatic rings. The summed E-state index contributed by atoms with van der Waals surface area (Å²) in [6.45, 7) is 0.231. The molecule has 0 radical (unpaired) electrons. The van der Waals surface area contributed by atoms with Crippen LogP contribution in [0.3, 0.4) is 0 Å². The van der Waals surface area contributed by atoms with Crippen molar-refractivity contribution >= 4 is 12.6 Å². The number of hydrogen-bond acceptors (Lipinski definition) is 1. The van der Waals surface area contributed by atoms with E-state index in [0.717, 1.165) is 0 Å². The maximum Gasteiger partial charge on any atom is 0.460 e. The predicted octanol–water partition coefficient (Wildman–Crippen LogP) is 10.5. The SMILES string of the molecule is CC(S)CC(F)(F)C(F)(F)C(F)(F)C(F)(F)C(F)(F)C(F)(F)C(F)(F)C(F)(F)C(F)(F)C(F)(F)C(F)(F)C(F)(F)C(F)(F)C(F)(F)F. The van der Waals surface area contributed by atoms with Gasteiger partial charge in [0.25, 0.3) is 0 Å². The second-order valence-electron chi connectivity index (χ2n) is 9.15. The third kappa shape index (κ3) is 5.48. The van der Waals surface area contributed by atoms with Crippen LogP contribution in [-0.2, 0) is 0 Å². The summed E-state index contributed by atoms with van der Waals surface area (Å²) >= 11 is 2.86. The molecule has 0 rings (SSSR count). The molecule has 0 N–H and O–H groups in total. The minimum Gasteiger partial charge on any atom is -0.200 e. The second kappa shape index (κ2) is 11.2. The first kappa shape index (κ1) is 45.3. The van der Waals surface area contributed by atoms with Gasteiger partial charge in [-0.3, -0.25) is 0 Å². The smallest absolute Gasteiger partial charge is 0.200 e. The molecular weight excluding hydrogens is 787 g/mol. The molecule has 0 heterocycles. The lowest BCUT2D eigenvalue weighted by atomic mass is 9.83. The van der Waals surface area contributed by atoms with E-state index in [1.165, 1.54) is 0 Å². The highest BCUT2D eigenvalue weighted by atomic mass is 32.1. The molecule has 0 aromatic heterocycles. The highest BCUT2D eigenvalue weighted by Gasteiger charge is 3.00. The third-order valence-electron chi connectivity index (χ3n) is 5.70. The molecule has 0 saturated carbocycles. The molecular formula is C17H7F29S. The first-order chi connectivity index (χ1) is 19.7. The maximum absolute atomic E-state index is 13.8. The van der Waals surface area contributed by atoms with Crippen LogP contribution in [0, 0.1) is 0 Å². The Morgan fingerprint density at radius 1 is 0.298 bits per heavy atom. The van der Waals surface area contributed by atoms with Crippen molar-refractivity contribution in [2.75, 3.05) is 0 Å². The Morgan fingerprint density at radius 3 is 0.596 bits per heavy atom. The lowest BCUT2D eigenvalue weighted by Crippen LogP contribution is -2.79. The van der Waals surface area contributed by atoms with Gasteiger partial charge in [-0.1, -0.05) is 6.92 Å². The van der Waals surface area contributed by atoms with Gasteiger partial charge < -0.3 is 0 Å². The van der Waals surface area contributed by atoms with Gasteiger partial charge >= 0.3 is 83.2 Å². The summed E-state index contributed by atoms with van der Waals surface area (Å²) in [7, 11) is 0. The Hall–Kier alpha value is -1.68. The van der Waals surface area contributed by atoms with Gasteiger partial charge in [0, 0.05) is 11.7 Å². The fraction of sp³-hybridized carbons (Fsp3) is 1.00. The average Bonchev–Trinajstić information content (AvgIpc) is 2.80. The van der Waals surface area contributed by atoms with Crippen LogP contribution in [0.4, 0.5) is 127 Å². The van der Waals surface area contributed by atoms with Gasteiger partial charge in [0.05, 0.1) is 0 Å². The molecule has 0 spiro atoms. The molecule has 0 saturated heterocycles. The zero-order chi connectivity index (χ0) is 39.3. The first-order valence-electron chi connectivity index (χ1n) is 10.3. The molecule has 1 atom stereocenters. The molecule has 1 unspecified atom stereocenters. The van der Waals surface area contributed by atoms with E-state index in [4.69, 9.17) is 0 Å². The first-order valence-corrected chi connectivity index (χ1v) is 10.8. The number of hydrogen-bond donors (Lipinski definition) is 1. The highest BCUT2D eigenvalue weighted by Crippen LogP contribution is 2.69. The fourth-order valence-electron chi connectivity index (χ4n) is 2.88. The monoisotopic (exact) mass is 794 g/mol. The second-order valence-corrected chi connectivity index (χ2v) is 10.0. The molecule has 284 valence electrons. The van der Waals surface area contributed by atoms with Crippen molar-refractivity contribution < 1.29 is 127 Å². The molecule has 0 nitrogen and oxygen atoms in total. The van der Waals surface area contributed by atoms with E-state index >= 15 is 0 Å². The molecule has 0 aliphatic heterocycles. The van der Waals surface area contributed by atoms with Crippen LogP contribution in [0.2, 0.25) is 0 Å². The Morgan fingerprint density at radius 2 is 0.447 bits per heavy atom. The molecule has 30 heteroatoms. The van der Waals surface area contributed by atoms with Crippen molar-refractivity contribution in [2.24, 2.45) is 0 Å². The van der Waals surface area contributed by atoms with Gasteiger partial charge in [0.1, 0.15) is 0 Å². The lowest BCUT2D eigenvalue weighted by Gasteiger charge is -2.46. The molecule has 47 heavy (non-hydrogen) atoms. The minimum absolute atomic E-state index is 0.231. The van der Waals surface area contributed by atoms with Gasteiger partial charge in [-0.15, -0.1) is 0 Å². The van der Waals surface area contributed by atoms with Gasteiger partial charge in [-0.2, -0.15) is 140 Å². The van der Waals surface area contributed by atoms with E-state index in [-0.39, 0.29) is 6.92 Å². The summed E-state index contributed by atoms with van der Waals surface area (Å²) in [6.07, 6.45) is -11.2. The summed E-state index contributed by atoms with van der Waals surface area (Å²) in [5.41, 5.74) is 0. The standard InChI is InChI=1S/C17H7F29S/c1-3(47)2-4(18,19)5(20,21)6(22,23)7(24,25)8(26,27)9(28,29)10(30,31)11(32,33)12(34,35)13(36,37)14(38,39)15(40,41)16(42,43)17(44,45)46/h3,47H,2H2,1H3. The lowest BCUT2D eigenvalue weighted by molar-refractivity contribution is -0.487. The molecule has 0 aliphatic carbocycles. The summed E-state index contributed by atoms with van der Waals surface area (Å²) < 4.78 is 388. The van der Waals surface area contributed by atoms with Crippen LogP contribution in [0.15, 0.2) is 0 Å². The Bertz CT molecular complexity index is 1120. The quantitative estimate of drug-likeness (QED) is 0.131. The number of alkyl halides is 29. The van der Waals surface area contributed by atoms with E-state index in [1.54, 1.807) is 0 Å². The zero-order valence-corrected chi connectivity index (χ0v) is 21.6. The zero-order valence-electron chi connectivity index (χ0n) is 20.7. The summed E-state index contributed by atoms with van der Waals surface area (Å²) in [5, 5.41) is -2.37. The van der Waals surface area contributed by atoms with E-state index in [0.29, 0.717) is 0 Å². The van der Waals surface area contributed by atoms with Crippen LogP contribution in [0.5, 0.6) is 0 Å². The molecule has 0 aliphatic rings. The largest absolute Gasteiger partial charge is 0.460 e. The summed E-state index contributed by atoms with van der Waals surface area (Å²) in [5.74, 6) is -120. The number of thiol groups is 1. The highest BCUT2D eigenvalue weighted by molar-refractivity contribution is 7.80. The van der Waals surface area contributed by atoms with E-state index in [9.17, 15) is 127 Å². The van der Waals surface area contributed by atoms with Crippen molar-refractivity contribution in [1.29, 1.82) is 0 Å². The molecule has 0 aromatic carbocycles. The number of rotatable bonds is 14. The Kier molecular flexibility index (Phi) is 10.8. The van der Waals surface area contributed by atoms with Gasteiger partial charge in [0.15, 0.2) is 0 Å². The van der Waals surface area contributed by atoms with Crippen molar-refractivity contribution in [3.63, 3.8) is 0 Å². The Labute approximate surface area is 243 Å². The van der Waals surface area contributed by atoms with Crippen LogP contribution >= 0.6 is 12.6 Å². The molecule has 0 fully saturated rings. The van der Waals surface area contributed by atoms with Crippen molar-refractivity contribution in [1.82, 2.24) is 0 Å². The molecule has 0 amide bonds. The van der Waals surface area contributed by atoms with Crippen molar-refractivity contribution in [3.05, 3.63) is 0 Å². The van der Waals surface area contributed by atoms with E-state index in [1.807, 2.05) is 0 Å². The van der Waals surface area contributed by atoms with Crippen LogP contribution in [-0.4, -0.2) is 88.4 Å². The van der Waals surface area contributed by atoms with Gasteiger partial charge in [0.2, 0.25) is 0 Å². The van der Waals surface area contributed by atoms with Crippen LogP contribution < -0.4 is 0 Å². The van der Waals surface area contributed by atoms with Crippen molar-refractivity contribution in [2.45, 2.75) is 102 Å². The van der Waals surface area contributed by atoms with Gasteiger partial charge in [-0.25, -0.2) is 0 Å². The Balaban J connectivity index is 7.53. The van der Waals surface area contributed by atoms with Crippen molar-refractivity contribution in [3.8, 4) is 0 Å². The summed E-state index contributed by atoms with van der Waals surface area (Å²) in [6, 6.07) is 0. The predicted molar refractivity (Wildman–Crippen MR) is 93.4 cm³/mol. The fourth-order valence-corrected chi connectivity index (χ4v) is 3.11. The normalized spacial score (nSPS) is 17.7. The summed E-state index contributed by atoms with van der Waals surface area (Å²) in [4.78, 5) is 0. The average molecular weight is 794 g/mol. The number of halogens is 29. The third-order valence-corrected chi connectivity index (χ3v) is 5.89. The van der Waals surface area contributed by atoms with E-state index in [2.05, 4.69) is 12.6 Å². The van der Waals surface area contributed by atoms with Gasteiger partial charge in [-0.05, 0) is 0 Å². The van der Waals surface area contributed by atoms with Crippen LogP contribution in [0.1, 0.15) is 13.3 Å². The van der Waals surface area contributed by atoms with Crippen LogP contribution in [0.25, 0.3) is 0 Å². The topological polar surface area (TPSA) is 0 Å².